The van der Waals surface area contributed by atoms with E-state index in [1.807, 2.05) is 29.3 Å². The van der Waals surface area contributed by atoms with Gasteiger partial charge in [-0.2, -0.15) is 5.10 Å². The minimum absolute atomic E-state index is 0.0422. The average Bonchev–Trinajstić information content (AvgIpc) is 2.92. The van der Waals surface area contributed by atoms with E-state index in [9.17, 15) is 4.79 Å². The Hall–Kier alpha value is -1.99. The first-order valence-electron chi connectivity index (χ1n) is 6.03. The summed E-state index contributed by atoms with van der Waals surface area (Å²) < 4.78 is 0. The number of hydrogen-bond acceptors (Lipinski definition) is 3. The molecule has 2 heterocycles. The zero-order valence-electron chi connectivity index (χ0n) is 10.2. The minimum atomic E-state index is -0.0422. The molecule has 0 bridgehead atoms. The number of anilines is 1. The molecule has 0 spiro atoms. The van der Waals surface area contributed by atoms with Crippen molar-refractivity contribution in [1.82, 2.24) is 4.90 Å². The third-order valence-electron chi connectivity index (χ3n) is 3.36. The SMILES string of the molecule is C#CCN1CC2CN(c3ccc(Cl)cc3)N=C2C1=O. The van der Waals surface area contributed by atoms with Crippen LogP contribution in [-0.4, -0.2) is 36.2 Å². The summed E-state index contributed by atoms with van der Waals surface area (Å²) >= 11 is 5.86. The largest absolute Gasteiger partial charge is 0.326 e. The Morgan fingerprint density at radius 2 is 2.11 bits per heavy atom. The molecule has 19 heavy (non-hydrogen) atoms. The van der Waals surface area contributed by atoms with E-state index in [0.29, 0.717) is 30.4 Å². The lowest BCUT2D eigenvalue weighted by atomic mass is 10.1. The molecule has 1 fully saturated rings. The third-order valence-corrected chi connectivity index (χ3v) is 3.61. The normalized spacial score (nSPS) is 21.4. The van der Waals surface area contributed by atoms with Crippen LogP contribution < -0.4 is 5.01 Å². The van der Waals surface area contributed by atoms with E-state index in [1.165, 1.54) is 0 Å². The van der Waals surface area contributed by atoms with E-state index in [-0.39, 0.29) is 11.8 Å². The van der Waals surface area contributed by atoms with Gasteiger partial charge in [0, 0.05) is 17.5 Å². The minimum Gasteiger partial charge on any atom is -0.326 e. The van der Waals surface area contributed by atoms with Gasteiger partial charge in [-0.15, -0.1) is 6.42 Å². The first-order valence-corrected chi connectivity index (χ1v) is 6.41. The lowest BCUT2D eigenvalue weighted by molar-refractivity contribution is -0.122. The van der Waals surface area contributed by atoms with E-state index < -0.39 is 0 Å². The molecular formula is C14H12ClN3O. The number of halogens is 1. The van der Waals surface area contributed by atoms with E-state index in [0.717, 1.165) is 5.69 Å². The number of likely N-dealkylation sites (tertiary alicyclic amines) is 1. The number of benzene rings is 1. The Morgan fingerprint density at radius 1 is 1.37 bits per heavy atom. The van der Waals surface area contributed by atoms with Gasteiger partial charge in [-0.05, 0) is 24.3 Å². The maximum absolute atomic E-state index is 12.1. The van der Waals surface area contributed by atoms with Crippen LogP contribution in [0.5, 0.6) is 0 Å². The molecule has 2 aliphatic rings. The number of hydrogen-bond donors (Lipinski definition) is 0. The van der Waals surface area contributed by atoms with E-state index in [4.69, 9.17) is 18.0 Å². The van der Waals surface area contributed by atoms with Crippen molar-refractivity contribution in [2.75, 3.05) is 24.6 Å². The van der Waals surface area contributed by atoms with Crippen molar-refractivity contribution in [2.45, 2.75) is 0 Å². The second-order valence-electron chi connectivity index (χ2n) is 4.63. The average molecular weight is 274 g/mol. The number of amides is 1. The number of fused-ring (bicyclic) bond motifs is 1. The summed E-state index contributed by atoms with van der Waals surface area (Å²) in [6, 6.07) is 7.43. The maximum Gasteiger partial charge on any atom is 0.271 e. The number of carbonyl (C=O) groups excluding carboxylic acids is 1. The Labute approximate surface area is 116 Å². The van der Waals surface area contributed by atoms with Crippen molar-refractivity contribution in [2.24, 2.45) is 11.0 Å². The van der Waals surface area contributed by atoms with Crippen molar-refractivity contribution < 1.29 is 4.79 Å². The molecular weight excluding hydrogens is 262 g/mol. The fourth-order valence-corrected chi connectivity index (χ4v) is 2.57. The predicted molar refractivity (Wildman–Crippen MR) is 75.1 cm³/mol. The number of terminal acetylenes is 1. The van der Waals surface area contributed by atoms with E-state index in [1.54, 1.807) is 4.90 Å². The number of nitrogens with zero attached hydrogens (tertiary/aromatic N) is 3. The van der Waals surface area contributed by atoms with Crippen molar-refractivity contribution >= 4 is 28.9 Å². The molecule has 2 aliphatic heterocycles. The van der Waals surface area contributed by atoms with Crippen molar-refractivity contribution in [1.29, 1.82) is 0 Å². The van der Waals surface area contributed by atoms with Gasteiger partial charge in [0.15, 0.2) is 0 Å². The van der Waals surface area contributed by atoms with Crippen LogP contribution in [0.15, 0.2) is 29.4 Å². The summed E-state index contributed by atoms with van der Waals surface area (Å²) in [5.41, 5.74) is 1.56. The van der Waals surface area contributed by atoms with Crippen molar-refractivity contribution in [3.8, 4) is 12.3 Å². The Bertz CT molecular complexity index is 588. The summed E-state index contributed by atoms with van der Waals surface area (Å²) in [4.78, 5) is 13.7. The monoisotopic (exact) mass is 273 g/mol. The molecule has 0 saturated carbocycles. The molecule has 0 aliphatic carbocycles. The predicted octanol–water partition coefficient (Wildman–Crippen LogP) is 1.61. The van der Waals surface area contributed by atoms with E-state index >= 15 is 0 Å². The Kier molecular flexibility index (Phi) is 2.92. The zero-order chi connectivity index (χ0) is 13.4. The molecule has 0 N–H and O–H groups in total. The van der Waals surface area contributed by atoms with E-state index in [2.05, 4.69) is 11.0 Å². The van der Waals surface area contributed by atoms with Crippen molar-refractivity contribution in [3.05, 3.63) is 29.3 Å². The van der Waals surface area contributed by atoms with Gasteiger partial charge >= 0.3 is 0 Å². The number of carbonyl (C=O) groups is 1. The van der Waals surface area contributed by atoms with Gasteiger partial charge < -0.3 is 4.90 Å². The molecule has 96 valence electrons. The summed E-state index contributed by atoms with van der Waals surface area (Å²) in [5, 5.41) is 6.95. The zero-order valence-corrected chi connectivity index (χ0v) is 11.0. The summed E-state index contributed by atoms with van der Waals surface area (Å²) in [7, 11) is 0. The van der Waals surface area contributed by atoms with Gasteiger partial charge in [-0.1, -0.05) is 17.5 Å². The summed E-state index contributed by atoms with van der Waals surface area (Å²) in [6.45, 7) is 1.73. The fourth-order valence-electron chi connectivity index (χ4n) is 2.44. The molecule has 1 aromatic carbocycles. The number of rotatable bonds is 2. The lowest BCUT2D eigenvalue weighted by Gasteiger charge is -2.18. The lowest BCUT2D eigenvalue weighted by Crippen LogP contribution is -2.29. The van der Waals surface area contributed by atoms with Crippen LogP contribution in [0.25, 0.3) is 0 Å². The highest BCUT2D eigenvalue weighted by Crippen LogP contribution is 2.28. The first kappa shape index (κ1) is 12.1. The highest BCUT2D eigenvalue weighted by Gasteiger charge is 2.41. The van der Waals surface area contributed by atoms with Crippen LogP contribution in [0.3, 0.4) is 0 Å². The van der Waals surface area contributed by atoms with Crippen LogP contribution in [0, 0.1) is 18.3 Å². The van der Waals surface area contributed by atoms with Crippen molar-refractivity contribution in [3.63, 3.8) is 0 Å². The van der Waals surface area contributed by atoms with Gasteiger partial charge in [0.1, 0.15) is 5.71 Å². The molecule has 5 heteroatoms. The second-order valence-corrected chi connectivity index (χ2v) is 5.07. The van der Waals surface area contributed by atoms with Crippen LogP contribution >= 0.6 is 11.6 Å². The molecule has 1 aromatic rings. The van der Waals surface area contributed by atoms with Gasteiger partial charge in [-0.25, -0.2) is 0 Å². The van der Waals surface area contributed by atoms with Crippen LogP contribution in [-0.2, 0) is 4.79 Å². The smallest absolute Gasteiger partial charge is 0.271 e. The maximum atomic E-state index is 12.1. The summed E-state index contributed by atoms with van der Waals surface area (Å²) in [5.74, 6) is 2.61. The van der Waals surface area contributed by atoms with Gasteiger partial charge in [0.2, 0.25) is 0 Å². The van der Waals surface area contributed by atoms with Gasteiger partial charge in [-0.3, -0.25) is 9.80 Å². The van der Waals surface area contributed by atoms with Crippen LogP contribution in [0.2, 0.25) is 5.02 Å². The molecule has 1 atom stereocenters. The molecule has 3 rings (SSSR count). The topological polar surface area (TPSA) is 35.9 Å². The Morgan fingerprint density at radius 3 is 2.74 bits per heavy atom. The molecule has 4 nitrogen and oxygen atoms in total. The molecule has 0 aromatic heterocycles. The van der Waals surface area contributed by atoms with Gasteiger partial charge in [0.25, 0.3) is 5.91 Å². The standard InChI is InChI=1S/C14H12ClN3O/c1-2-7-17-8-10-9-18(16-13(10)14(17)19)12-5-3-11(15)4-6-12/h1,3-6,10H,7-9H2. The highest BCUT2D eigenvalue weighted by atomic mass is 35.5. The first-order chi connectivity index (χ1) is 9.19. The second kappa shape index (κ2) is 4.60. The van der Waals surface area contributed by atoms with Crippen LogP contribution in [0.1, 0.15) is 0 Å². The molecule has 0 radical (unpaired) electrons. The fraction of sp³-hybridized carbons (Fsp3) is 0.286. The number of hydrazone groups is 1. The summed E-state index contributed by atoms with van der Waals surface area (Å²) in [6.07, 6.45) is 5.25. The third kappa shape index (κ3) is 2.06. The van der Waals surface area contributed by atoms with Crippen LogP contribution in [0.4, 0.5) is 5.69 Å². The highest BCUT2D eigenvalue weighted by molar-refractivity contribution is 6.42. The molecule has 1 saturated heterocycles. The molecule has 1 unspecified atom stereocenters. The quantitative estimate of drug-likeness (QED) is 0.768. The molecule has 1 amide bonds. The Balaban J connectivity index is 1.81. The van der Waals surface area contributed by atoms with Gasteiger partial charge in [0.05, 0.1) is 18.8 Å².